The van der Waals surface area contributed by atoms with E-state index >= 15 is 0 Å². The molecule has 1 rings (SSSR count). The van der Waals surface area contributed by atoms with Crippen LogP contribution in [-0.4, -0.2) is 21.9 Å². The van der Waals surface area contributed by atoms with Gasteiger partial charge in [0.1, 0.15) is 5.84 Å². The van der Waals surface area contributed by atoms with Crippen molar-refractivity contribution >= 4 is 11.5 Å². The molecule has 0 aliphatic heterocycles. The summed E-state index contributed by atoms with van der Waals surface area (Å²) in [5.74, 6) is -0.163. The van der Waals surface area contributed by atoms with Crippen molar-refractivity contribution < 1.29 is 10.0 Å². The van der Waals surface area contributed by atoms with E-state index in [1.807, 2.05) is 13.8 Å². The lowest BCUT2D eigenvalue weighted by atomic mass is 10.1. The minimum Gasteiger partial charge on any atom is -0.502 e. The zero-order chi connectivity index (χ0) is 12.3. The average Bonchev–Trinajstić information content (AvgIpc) is 2.16. The van der Waals surface area contributed by atoms with Gasteiger partial charge in [0.15, 0.2) is 5.75 Å². The highest BCUT2D eigenvalue weighted by Gasteiger charge is 2.14. The van der Waals surface area contributed by atoms with Crippen LogP contribution in [0.25, 0.3) is 0 Å². The Hall–Kier alpha value is -2.11. The van der Waals surface area contributed by atoms with Crippen LogP contribution in [-0.2, 0) is 0 Å². The number of hydrogen-bond acceptors (Lipinski definition) is 4. The second kappa shape index (κ2) is 4.61. The maximum Gasteiger partial charge on any atom is 0.311 e. The molecule has 86 valence electrons. The van der Waals surface area contributed by atoms with Gasteiger partial charge in [0.25, 0.3) is 0 Å². The standard InChI is InChI=1S/C10H13N3O3/c1-6(2)12-10(11)7-3-4-9(14)8(5-7)13(15)16/h3-6,14H,1-2H3,(H2,11,12). The van der Waals surface area contributed by atoms with Crippen LogP contribution >= 0.6 is 0 Å². The van der Waals surface area contributed by atoms with E-state index in [0.29, 0.717) is 5.56 Å². The smallest absolute Gasteiger partial charge is 0.311 e. The number of nitro groups is 1. The first-order valence-electron chi connectivity index (χ1n) is 4.73. The third kappa shape index (κ3) is 2.69. The van der Waals surface area contributed by atoms with Crippen molar-refractivity contribution in [3.05, 3.63) is 33.9 Å². The van der Waals surface area contributed by atoms with Gasteiger partial charge in [-0.25, -0.2) is 0 Å². The summed E-state index contributed by atoms with van der Waals surface area (Å²) in [6, 6.07) is 3.93. The summed E-state index contributed by atoms with van der Waals surface area (Å²) >= 11 is 0. The Labute approximate surface area is 92.6 Å². The van der Waals surface area contributed by atoms with E-state index in [1.165, 1.54) is 18.2 Å². The van der Waals surface area contributed by atoms with E-state index in [0.717, 1.165) is 0 Å². The number of benzene rings is 1. The molecule has 0 saturated heterocycles. The van der Waals surface area contributed by atoms with Gasteiger partial charge in [-0.1, -0.05) is 0 Å². The zero-order valence-electron chi connectivity index (χ0n) is 9.04. The first-order valence-corrected chi connectivity index (χ1v) is 4.73. The van der Waals surface area contributed by atoms with Gasteiger partial charge in [-0.2, -0.15) is 0 Å². The molecule has 16 heavy (non-hydrogen) atoms. The zero-order valence-corrected chi connectivity index (χ0v) is 9.04. The molecule has 0 heterocycles. The van der Waals surface area contributed by atoms with Crippen molar-refractivity contribution in [1.29, 1.82) is 0 Å². The molecular weight excluding hydrogens is 210 g/mol. The monoisotopic (exact) mass is 223 g/mol. The summed E-state index contributed by atoms with van der Waals surface area (Å²) in [6.07, 6.45) is 0. The largest absolute Gasteiger partial charge is 0.502 e. The number of amidine groups is 1. The molecule has 0 saturated carbocycles. The SMILES string of the molecule is CC(C)N=C(N)c1ccc(O)c([N+](=O)[O-])c1. The van der Waals surface area contributed by atoms with Gasteiger partial charge in [-0.3, -0.25) is 15.1 Å². The molecule has 0 aromatic heterocycles. The number of aromatic hydroxyl groups is 1. The molecule has 3 N–H and O–H groups in total. The van der Waals surface area contributed by atoms with E-state index in [1.54, 1.807) is 0 Å². The lowest BCUT2D eigenvalue weighted by Gasteiger charge is -2.04. The minimum absolute atomic E-state index is 0.00728. The van der Waals surface area contributed by atoms with Crippen molar-refractivity contribution in [3.63, 3.8) is 0 Å². The van der Waals surface area contributed by atoms with Gasteiger partial charge >= 0.3 is 5.69 Å². The minimum atomic E-state index is -0.665. The van der Waals surface area contributed by atoms with Crippen LogP contribution in [0.5, 0.6) is 5.75 Å². The van der Waals surface area contributed by atoms with Crippen molar-refractivity contribution in [3.8, 4) is 5.75 Å². The molecule has 1 aromatic carbocycles. The molecule has 1 aromatic rings. The fourth-order valence-electron chi connectivity index (χ4n) is 1.18. The maximum atomic E-state index is 10.6. The highest BCUT2D eigenvalue weighted by atomic mass is 16.6. The van der Waals surface area contributed by atoms with Crippen LogP contribution in [0.1, 0.15) is 19.4 Å². The average molecular weight is 223 g/mol. The number of nitro benzene ring substituents is 1. The fourth-order valence-corrected chi connectivity index (χ4v) is 1.18. The lowest BCUT2D eigenvalue weighted by molar-refractivity contribution is -0.385. The van der Waals surface area contributed by atoms with Gasteiger partial charge in [0.05, 0.1) is 4.92 Å². The Morgan fingerprint density at radius 3 is 2.69 bits per heavy atom. The number of aliphatic imine (C=N–C) groups is 1. The molecule has 0 spiro atoms. The fraction of sp³-hybridized carbons (Fsp3) is 0.300. The van der Waals surface area contributed by atoms with E-state index in [-0.39, 0.29) is 23.3 Å². The van der Waals surface area contributed by atoms with Crippen molar-refractivity contribution in [2.75, 3.05) is 0 Å². The number of phenolic OH excluding ortho intramolecular Hbond substituents is 1. The Kier molecular flexibility index (Phi) is 3.44. The molecule has 0 aliphatic rings. The van der Waals surface area contributed by atoms with Gasteiger partial charge in [-0.05, 0) is 26.0 Å². The summed E-state index contributed by atoms with van der Waals surface area (Å²) < 4.78 is 0. The molecule has 6 heteroatoms. The molecule has 0 radical (unpaired) electrons. The molecule has 0 unspecified atom stereocenters. The van der Waals surface area contributed by atoms with E-state index in [4.69, 9.17) is 5.73 Å². The van der Waals surface area contributed by atoms with Gasteiger partial charge in [-0.15, -0.1) is 0 Å². The molecule has 0 amide bonds. The molecular formula is C10H13N3O3. The maximum absolute atomic E-state index is 10.6. The summed E-state index contributed by atoms with van der Waals surface area (Å²) in [5.41, 5.74) is 5.71. The Balaban J connectivity index is 3.18. The highest BCUT2D eigenvalue weighted by Crippen LogP contribution is 2.26. The summed E-state index contributed by atoms with van der Waals surface area (Å²) in [7, 11) is 0. The topological polar surface area (TPSA) is 102 Å². The van der Waals surface area contributed by atoms with Crippen LogP contribution in [0.4, 0.5) is 5.69 Å². The van der Waals surface area contributed by atoms with Crippen LogP contribution < -0.4 is 5.73 Å². The van der Waals surface area contributed by atoms with Crippen LogP contribution in [0, 0.1) is 10.1 Å². The van der Waals surface area contributed by atoms with Crippen molar-refractivity contribution in [2.24, 2.45) is 10.7 Å². The first-order chi connectivity index (χ1) is 7.41. The quantitative estimate of drug-likeness (QED) is 0.350. The van der Waals surface area contributed by atoms with Gasteiger partial charge in [0.2, 0.25) is 0 Å². The Morgan fingerprint density at radius 2 is 2.19 bits per heavy atom. The Bertz CT molecular complexity index is 441. The van der Waals surface area contributed by atoms with Crippen LogP contribution in [0.2, 0.25) is 0 Å². The lowest BCUT2D eigenvalue weighted by Crippen LogP contribution is -2.15. The number of nitrogens with two attached hydrogens (primary N) is 1. The van der Waals surface area contributed by atoms with E-state index < -0.39 is 4.92 Å². The van der Waals surface area contributed by atoms with Crippen molar-refractivity contribution in [2.45, 2.75) is 19.9 Å². The second-order valence-corrected chi connectivity index (χ2v) is 3.57. The van der Waals surface area contributed by atoms with Crippen LogP contribution in [0.15, 0.2) is 23.2 Å². The van der Waals surface area contributed by atoms with E-state index in [2.05, 4.69) is 4.99 Å². The molecule has 0 bridgehead atoms. The normalized spacial score (nSPS) is 11.8. The third-order valence-corrected chi connectivity index (χ3v) is 1.87. The number of nitrogens with zero attached hydrogens (tertiary/aromatic N) is 2. The predicted octanol–water partition coefficient (Wildman–Crippen LogP) is 1.41. The number of phenols is 1. The van der Waals surface area contributed by atoms with E-state index in [9.17, 15) is 15.2 Å². The molecule has 0 fully saturated rings. The summed E-state index contributed by atoms with van der Waals surface area (Å²) in [6.45, 7) is 3.70. The number of hydrogen-bond donors (Lipinski definition) is 2. The second-order valence-electron chi connectivity index (χ2n) is 3.57. The van der Waals surface area contributed by atoms with Gasteiger partial charge < -0.3 is 10.8 Å². The van der Waals surface area contributed by atoms with Gasteiger partial charge in [0, 0.05) is 17.7 Å². The number of rotatable bonds is 3. The van der Waals surface area contributed by atoms with Crippen LogP contribution in [0.3, 0.4) is 0 Å². The molecule has 6 nitrogen and oxygen atoms in total. The third-order valence-electron chi connectivity index (χ3n) is 1.87. The first kappa shape index (κ1) is 12.0. The predicted molar refractivity (Wildman–Crippen MR) is 60.6 cm³/mol. The molecule has 0 aliphatic carbocycles. The Morgan fingerprint density at radius 1 is 1.56 bits per heavy atom. The summed E-state index contributed by atoms with van der Waals surface area (Å²) in [5, 5.41) is 19.8. The summed E-state index contributed by atoms with van der Waals surface area (Å²) in [4.78, 5) is 14.0. The highest BCUT2D eigenvalue weighted by molar-refractivity contribution is 5.98. The molecule has 0 atom stereocenters. The van der Waals surface area contributed by atoms with Crippen molar-refractivity contribution in [1.82, 2.24) is 0 Å².